The second-order valence-electron chi connectivity index (χ2n) is 3.94. The zero-order chi connectivity index (χ0) is 14.8. The zero-order valence-corrected chi connectivity index (χ0v) is 11.1. The van der Waals surface area contributed by atoms with Crippen LogP contribution in [0.4, 0.5) is 4.39 Å². The van der Waals surface area contributed by atoms with Crippen LogP contribution in [0.15, 0.2) is 29.4 Å². The van der Waals surface area contributed by atoms with E-state index in [-0.39, 0.29) is 0 Å². The Balaban J connectivity index is 2.37. The number of halogens is 1. The second kappa shape index (κ2) is 5.36. The summed E-state index contributed by atoms with van der Waals surface area (Å²) in [5, 5.41) is 15.0. The van der Waals surface area contributed by atoms with E-state index in [2.05, 4.69) is 19.9 Å². The van der Waals surface area contributed by atoms with E-state index in [9.17, 15) is 12.8 Å². The maximum Gasteiger partial charge on any atom is 0.242 e. The molecule has 0 bridgehead atoms. The molecule has 2 N–H and O–H groups in total. The summed E-state index contributed by atoms with van der Waals surface area (Å²) in [4.78, 5) is 3.41. The van der Waals surface area contributed by atoms with Gasteiger partial charge in [0.15, 0.2) is 0 Å². The Bertz CT molecular complexity index is 752. The van der Waals surface area contributed by atoms with Gasteiger partial charge in [-0.05, 0) is 19.1 Å². The first-order valence-corrected chi connectivity index (χ1v) is 7.00. The maximum absolute atomic E-state index is 13.4. The molecule has 0 aliphatic rings. The van der Waals surface area contributed by atoms with Crippen LogP contribution in [0, 0.1) is 17.1 Å². The SMILES string of the molecule is CC(NS(=O)(=O)c1cccc(F)c1C#N)c1ncn[nH]1. The van der Waals surface area contributed by atoms with E-state index < -0.39 is 32.3 Å². The van der Waals surface area contributed by atoms with E-state index in [1.165, 1.54) is 12.4 Å². The van der Waals surface area contributed by atoms with Crippen LogP contribution >= 0.6 is 0 Å². The number of rotatable bonds is 4. The minimum atomic E-state index is -4.05. The summed E-state index contributed by atoms with van der Waals surface area (Å²) in [6.45, 7) is 1.55. The molecule has 0 aliphatic carbocycles. The number of H-pyrrole nitrogens is 1. The summed E-state index contributed by atoms with van der Waals surface area (Å²) in [5.41, 5.74) is -0.523. The topological polar surface area (TPSA) is 112 Å². The van der Waals surface area contributed by atoms with Gasteiger partial charge < -0.3 is 0 Å². The van der Waals surface area contributed by atoms with Crippen molar-refractivity contribution in [2.75, 3.05) is 0 Å². The number of nitrogens with one attached hydrogen (secondary N) is 2. The standard InChI is InChI=1S/C11H10FN5O2S/c1-7(11-14-6-15-16-11)17-20(18,19)10-4-2-3-9(12)8(10)5-13/h2-4,6-7,17H,1H3,(H,14,15,16). The van der Waals surface area contributed by atoms with E-state index in [0.29, 0.717) is 5.82 Å². The number of nitrogens with zero attached hydrogens (tertiary/aromatic N) is 3. The van der Waals surface area contributed by atoms with Gasteiger partial charge in [0.1, 0.15) is 34.5 Å². The number of nitriles is 1. The molecule has 1 atom stereocenters. The van der Waals surface area contributed by atoms with Gasteiger partial charge in [0, 0.05) is 0 Å². The minimum absolute atomic E-state index is 0.309. The second-order valence-corrected chi connectivity index (χ2v) is 5.62. The van der Waals surface area contributed by atoms with Crippen molar-refractivity contribution < 1.29 is 12.8 Å². The van der Waals surface area contributed by atoms with Crippen molar-refractivity contribution in [2.45, 2.75) is 17.9 Å². The highest BCUT2D eigenvalue weighted by Crippen LogP contribution is 2.19. The van der Waals surface area contributed by atoms with Crippen LogP contribution in [0.2, 0.25) is 0 Å². The van der Waals surface area contributed by atoms with Gasteiger partial charge in [-0.15, -0.1) is 0 Å². The van der Waals surface area contributed by atoms with Crippen molar-refractivity contribution in [3.63, 3.8) is 0 Å². The fourth-order valence-electron chi connectivity index (χ4n) is 1.61. The van der Waals surface area contributed by atoms with Crippen molar-refractivity contribution in [3.05, 3.63) is 41.7 Å². The van der Waals surface area contributed by atoms with Gasteiger partial charge in [-0.25, -0.2) is 22.5 Å². The molecule has 2 aromatic rings. The maximum atomic E-state index is 13.4. The number of benzene rings is 1. The third-order valence-electron chi connectivity index (χ3n) is 2.55. The Morgan fingerprint density at radius 3 is 2.85 bits per heavy atom. The molecular formula is C11H10FN5O2S. The molecule has 104 valence electrons. The summed E-state index contributed by atoms with van der Waals surface area (Å²) in [7, 11) is -4.05. The smallest absolute Gasteiger partial charge is 0.242 e. The van der Waals surface area contributed by atoms with Gasteiger partial charge in [-0.3, -0.25) is 5.10 Å². The summed E-state index contributed by atoms with van der Waals surface area (Å²) in [6.07, 6.45) is 1.24. The first kappa shape index (κ1) is 14.1. The summed E-state index contributed by atoms with van der Waals surface area (Å²) in [5.74, 6) is -0.578. The minimum Gasteiger partial charge on any atom is -0.262 e. The summed E-state index contributed by atoms with van der Waals surface area (Å²) in [6, 6.07) is 4.27. The predicted octanol–water partition coefficient (Wildman–Crippen LogP) is 0.855. The normalized spacial score (nSPS) is 12.8. The summed E-state index contributed by atoms with van der Waals surface area (Å²) >= 11 is 0. The Kier molecular flexibility index (Phi) is 3.78. The zero-order valence-electron chi connectivity index (χ0n) is 10.3. The Hall–Kier alpha value is -2.31. The molecule has 0 fully saturated rings. The van der Waals surface area contributed by atoms with Crippen molar-refractivity contribution >= 4 is 10.0 Å². The molecule has 0 radical (unpaired) electrons. The molecule has 1 heterocycles. The van der Waals surface area contributed by atoms with Crippen LogP contribution in [0.1, 0.15) is 24.4 Å². The highest BCUT2D eigenvalue weighted by molar-refractivity contribution is 7.89. The molecule has 1 unspecified atom stereocenters. The van der Waals surface area contributed by atoms with Crippen molar-refractivity contribution in [2.24, 2.45) is 0 Å². The van der Waals surface area contributed by atoms with Crippen LogP contribution in [0.25, 0.3) is 0 Å². The lowest BCUT2D eigenvalue weighted by Gasteiger charge is -2.12. The van der Waals surface area contributed by atoms with Crippen molar-refractivity contribution in [1.82, 2.24) is 19.9 Å². The average Bonchev–Trinajstić information content (AvgIpc) is 2.91. The number of hydrogen-bond acceptors (Lipinski definition) is 5. The van der Waals surface area contributed by atoms with E-state index in [1.54, 1.807) is 13.0 Å². The molecule has 0 aliphatic heterocycles. The van der Waals surface area contributed by atoms with Crippen LogP contribution in [-0.4, -0.2) is 23.6 Å². The molecule has 7 nitrogen and oxygen atoms in total. The first-order valence-electron chi connectivity index (χ1n) is 5.52. The molecule has 0 spiro atoms. The predicted molar refractivity (Wildman–Crippen MR) is 66.2 cm³/mol. The van der Waals surface area contributed by atoms with E-state index in [1.807, 2.05) is 0 Å². The average molecular weight is 295 g/mol. The molecule has 0 saturated carbocycles. The molecule has 1 aromatic carbocycles. The number of aromatic nitrogens is 3. The van der Waals surface area contributed by atoms with Gasteiger partial charge in [0.2, 0.25) is 10.0 Å². The fraction of sp³-hybridized carbons (Fsp3) is 0.182. The van der Waals surface area contributed by atoms with Crippen LogP contribution < -0.4 is 4.72 Å². The molecule has 20 heavy (non-hydrogen) atoms. The first-order chi connectivity index (χ1) is 9.45. The van der Waals surface area contributed by atoms with Crippen LogP contribution in [-0.2, 0) is 10.0 Å². The number of aromatic amines is 1. The fourth-order valence-corrected chi connectivity index (χ4v) is 2.99. The van der Waals surface area contributed by atoms with Gasteiger partial charge in [-0.2, -0.15) is 10.4 Å². The van der Waals surface area contributed by atoms with E-state index >= 15 is 0 Å². The van der Waals surface area contributed by atoms with Gasteiger partial charge in [-0.1, -0.05) is 6.07 Å². The van der Waals surface area contributed by atoms with Gasteiger partial charge in [0.25, 0.3) is 0 Å². The molecule has 9 heteroatoms. The van der Waals surface area contributed by atoms with Crippen molar-refractivity contribution in [1.29, 1.82) is 5.26 Å². The quantitative estimate of drug-likeness (QED) is 0.868. The molecular weight excluding hydrogens is 285 g/mol. The lowest BCUT2D eigenvalue weighted by Crippen LogP contribution is -2.28. The molecule has 1 aromatic heterocycles. The Morgan fingerprint density at radius 2 is 2.25 bits per heavy atom. The van der Waals surface area contributed by atoms with Gasteiger partial charge in [0.05, 0.1) is 6.04 Å². The lowest BCUT2D eigenvalue weighted by molar-refractivity contribution is 0.557. The van der Waals surface area contributed by atoms with E-state index in [0.717, 1.165) is 12.1 Å². The monoisotopic (exact) mass is 295 g/mol. The molecule has 0 amide bonds. The lowest BCUT2D eigenvalue weighted by atomic mass is 10.2. The van der Waals surface area contributed by atoms with Gasteiger partial charge >= 0.3 is 0 Å². The highest BCUT2D eigenvalue weighted by atomic mass is 32.2. The largest absolute Gasteiger partial charge is 0.262 e. The van der Waals surface area contributed by atoms with Crippen molar-refractivity contribution in [3.8, 4) is 6.07 Å². The Labute approximate surface area is 114 Å². The van der Waals surface area contributed by atoms with Crippen LogP contribution in [0.5, 0.6) is 0 Å². The summed E-state index contributed by atoms with van der Waals surface area (Å²) < 4.78 is 40.1. The molecule has 2 rings (SSSR count). The Morgan fingerprint density at radius 1 is 1.50 bits per heavy atom. The number of sulfonamides is 1. The third-order valence-corrected chi connectivity index (χ3v) is 4.14. The van der Waals surface area contributed by atoms with E-state index in [4.69, 9.17) is 5.26 Å². The highest BCUT2D eigenvalue weighted by Gasteiger charge is 2.24. The van der Waals surface area contributed by atoms with Crippen LogP contribution in [0.3, 0.4) is 0 Å². The third kappa shape index (κ3) is 2.66. The number of hydrogen-bond donors (Lipinski definition) is 2. The molecule has 0 saturated heterocycles.